The number of Topliss-reactive ketones (excluding diaryl/α,β-unsaturated/α-hetero) is 2. The third-order valence-corrected chi connectivity index (χ3v) is 2.76. The molecule has 0 amide bonds. The van der Waals surface area contributed by atoms with Gasteiger partial charge in [-0.2, -0.15) is 0 Å². The van der Waals surface area contributed by atoms with Crippen LogP contribution in [0.2, 0.25) is 0 Å². The molecule has 2 rings (SSSR count). The van der Waals surface area contributed by atoms with Crippen LogP contribution in [0.15, 0.2) is 10.7 Å². The highest BCUT2D eigenvalue weighted by molar-refractivity contribution is 6.48. The Morgan fingerprint density at radius 1 is 1.14 bits per heavy atom. The van der Waals surface area contributed by atoms with Crippen molar-refractivity contribution in [3.63, 3.8) is 0 Å². The Morgan fingerprint density at radius 2 is 1.79 bits per heavy atom. The van der Waals surface area contributed by atoms with E-state index in [0.29, 0.717) is 32.0 Å². The van der Waals surface area contributed by atoms with Gasteiger partial charge < -0.3 is 9.64 Å². The number of hydrogen-bond acceptors (Lipinski definition) is 4. The van der Waals surface area contributed by atoms with Crippen LogP contribution < -0.4 is 0 Å². The molecule has 1 heterocycles. The van der Waals surface area contributed by atoms with Crippen LogP contribution in [0, 0.1) is 0 Å². The topological polar surface area (TPSA) is 46.6 Å². The Kier molecular flexibility index (Phi) is 2.56. The molecule has 1 saturated heterocycles. The first kappa shape index (κ1) is 9.68. The second-order valence-corrected chi connectivity index (χ2v) is 3.66. The van der Waals surface area contributed by atoms with Crippen molar-refractivity contribution in [1.82, 2.24) is 4.90 Å². The molecular formula is C9H10ClNO3. The Morgan fingerprint density at radius 3 is 2.29 bits per heavy atom. The van der Waals surface area contributed by atoms with Gasteiger partial charge in [-0.05, 0) is 0 Å². The molecule has 1 aliphatic carbocycles. The largest absolute Gasteiger partial charge is 0.378 e. The molecule has 1 aliphatic heterocycles. The molecule has 4 nitrogen and oxygen atoms in total. The zero-order chi connectivity index (χ0) is 10.1. The van der Waals surface area contributed by atoms with Crippen LogP contribution in [-0.4, -0.2) is 42.8 Å². The van der Waals surface area contributed by atoms with E-state index in [0.717, 1.165) is 0 Å². The van der Waals surface area contributed by atoms with Crippen LogP contribution in [0.1, 0.15) is 6.42 Å². The van der Waals surface area contributed by atoms with Crippen LogP contribution in [0.5, 0.6) is 0 Å². The summed E-state index contributed by atoms with van der Waals surface area (Å²) < 4.78 is 5.15. The maximum Gasteiger partial charge on any atom is 0.188 e. The minimum atomic E-state index is -0.266. The predicted molar refractivity (Wildman–Crippen MR) is 49.9 cm³/mol. The second-order valence-electron chi connectivity index (χ2n) is 3.29. The Bertz CT molecular complexity index is 318. The van der Waals surface area contributed by atoms with Gasteiger partial charge >= 0.3 is 0 Å². The van der Waals surface area contributed by atoms with Gasteiger partial charge in [-0.1, -0.05) is 11.6 Å². The van der Waals surface area contributed by atoms with Crippen molar-refractivity contribution < 1.29 is 14.3 Å². The lowest BCUT2D eigenvalue weighted by Gasteiger charge is -2.28. The molecule has 0 aromatic heterocycles. The van der Waals surface area contributed by atoms with Crippen molar-refractivity contribution in [2.24, 2.45) is 0 Å². The standard InChI is InChI=1S/C9H10ClNO3/c10-8-6(12)5-7(13)9(8)11-1-3-14-4-2-11/h1-5H2. The van der Waals surface area contributed by atoms with E-state index in [9.17, 15) is 9.59 Å². The summed E-state index contributed by atoms with van der Waals surface area (Å²) in [5.41, 5.74) is 0.389. The summed E-state index contributed by atoms with van der Waals surface area (Å²) in [7, 11) is 0. The first-order chi connectivity index (χ1) is 6.70. The number of carbonyl (C=O) groups is 2. The molecular weight excluding hydrogens is 206 g/mol. The number of hydrogen-bond donors (Lipinski definition) is 0. The maximum atomic E-state index is 11.4. The molecule has 2 aliphatic rings. The average Bonchev–Trinajstić information content (AvgIpc) is 2.43. The fourth-order valence-electron chi connectivity index (χ4n) is 1.66. The highest BCUT2D eigenvalue weighted by Crippen LogP contribution is 2.26. The van der Waals surface area contributed by atoms with Gasteiger partial charge in [0.1, 0.15) is 10.7 Å². The maximum absolute atomic E-state index is 11.4. The molecule has 0 aromatic rings. The fraction of sp³-hybridized carbons (Fsp3) is 0.556. The molecule has 76 valence electrons. The lowest BCUT2D eigenvalue weighted by molar-refractivity contribution is -0.121. The van der Waals surface area contributed by atoms with Crippen LogP contribution in [0.25, 0.3) is 0 Å². The first-order valence-electron chi connectivity index (χ1n) is 4.49. The van der Waals surface area contributed by atoms with Crippen LogP contribution in [-0.2, 0) is 14.3 Å². The van der Waals surface area contributed by atoms with Crippen LogP contribution in [0.4, 0.5) is 0 Å². The van der Waals surface area contributed by atoms with Crippen LogP contribution in [0.3, 0.4) is 0 Å². The monoisotopic (exact) mass is 215 g/mol. The van der Waals surface area contributed by atoms with Crippen LogP contribution >= 0.6 is 11.6 Å². The highest BCUT2D eigenvalue weighted by atomic mass is 35.5. The Labute approximate surface area is 86.5 Å². The smallest absolute Gasteiger partial charge is 0.188 e. The molecule has 0 unspecified atom stereocenters. The van der Waals surface area contributed by atoms with Gasteiger partial charge in [0.2, 0.25) is 0 Å². The van der Waals surface area contributed by atoms with E-state index in [-0.39, 0.29) is 23.0 Å². The second kappa shape index (κ2) is 3.71. The Hall–Kier alpha value is -0.870. The molecule has 5 heteroatoms. The summed E-state index contributed by atoms with van der Waals surface area (Å²) in [5.74, 6) is -0.431. The number of morpholine rings is 1. The summed E-state index contributed by atoms with van der Waals surface area (Å²) in [6, 6.07) is 0. The zero-order valence-corrected chi connectivity index (χ0v) is 8.34. The summed E-state index contributed by atoms with van der Waals surface area (Å²) in [6.07, 6.45) is -0.0779. The number of halogens is 1. The fourth-order valence-corrected chi connectivity index (χ4v) is 1.96. The lowest BCUT2D eigenvalue weighted by atomic mass is 10.2. The number of ether oxygens (including phenoxy) is 1. The van der Waals surface area contributed by atoms with Crippen molar-refractivity contribution in [3.05, 3.63) is 10.7 Å². The summed E-state index contributed by atoms with van der Waals surface area (Å²) in [4.78, 5) is 24.5. The van der Waals surface area contributed by atoms with E-state index >= 15 is 0 Å². The number of rotatable bonds is 1. The van der Waals surface area contributed by atoms with Crippen molar-refractivity contribution in [1.29, 1.82) is 0 Å². The van der Waals surface area contributed by atoms with Crippen molar-refractivity contribution in [2.45, 2.75) is 6.42 Å². The van der Waals surface area contributed by atoms with Gasteiger partial charge in [0.25, 0.3) is 0 Å². The number of allylic oxidation sites excluding steroid dienone is 2. The minimum Gasteiger partial charge on any atom is -0.378 e. The minimum absolute atomic E-state index is 0.0779. The third kappa shape index (κ3) is 1.55. The van der Waals surface area contributed by atoms with Gasteiger partial charge in [0.15, 0.2) is 11.6 Å². The van der Waals surface area contributed by atoms with Gasteiger partial charge in [0.05, 0.1) is 19.6 Å². The van der Waals surface area contributed by atoms with E-state index in [2.05, 4.69) is 0 Å². The molecule has 0 radical (unpaired) electrons. The summed E-state index contributed by atoms with van der Waals surface area (Å²) >= 11 is 5.78. The first-order valence-corrected chi connectivity index (χ1v) is 4.87. The predicted octanol–water partition coefficient (Wildman–Crippen LogP) is 0.311. The van der Waals surface area contributed by atoms with E-state index in [1.54, 1.807) is 0 Å². The molecule has 0 spiro atoms. The van der Waals surface area contributed by atoms with Gasteiger partial charge in [-0.15, -0.1) is 0 Å². The van der Waals surface area contributed by atoms with Crippen molar-refractivity contribution in [2.75, 3.05) is 26.3 Å². The van der Waals surface area contributed by atoms with Crippen molar-refractivity contribution in [3.8, 4) is 0 Å². The lowest BCUT2D eigenvalue weighted by Crippen LogP contribution is -2.37. The van der Waals surface area contributed by atoms with Crippen molar-refractivity contribution >= 4 is 23.2 Å². The van der Waals surface area contributed by atoms with E-state index < -0.39 is 0 Å². The van der Waals surface area contributed by atoms with E-state index in [1.165, 1.54) is 0 Å². The quantitative estimate of drug-likeness (QED) is 0.591. The molecule has 0 N–H and O–H groups in total. The molecule has 14 heavy (non-hydrogen) atoms. The van der Waals surface area contributed by atoms with E-state index in [1.807, 2.05) is 4.90 Å². The number of nitrogens with zero attached hydrogens (tertiary/aromatic N) is 1. The summed E-state index contributed by atoms with van der Waals surface area (Å²) in [6.45, 7) is 2.42. The molecule has 0 atom stereocenters. The average molecular weight is 216 g/mol. The molecule has 0 saturated carbocycles. The third-order valence-electron chi connectivity index (χ3n) is 2.37. The number of ketones is 2. The highest BCUT2D eigenvalue weighted by Gasteiger charge is 2.33. The molecule has 0 bridgehead atoms. The van der Waals surface area contributed by atoms with Gasteiger partial charge in [-0.3, -0.25) is 9.59 Å². The normalized spacial score (nSPS) is 23.6. The Balaban J connectivity index is 2.23. The SMILES string of the molecule is O=C1CC(=O)C(N2CCOCC2)=C1Cl. The number of carbonyl (C=O) groups excluding carboxylic acids is 2. The zero-order valence-electron chi connectivity index (χ0n) is 7.59. The summed E-state index contributed by atoms with van der Waals surface area (Å²) in [5, 5.41) is 0.0944. The van der Waals surface area contributed by atoms with Gasteiger partial charge in [0, 0.05) is 13.1 Å². The molecule has 0 aromatic carbocycles. The van der Waals surface area contributed by atoms with E-state index in [4.69, 9.17) is 16.3 Å². The van der Waals surface area contributed by atoms with Gasteiger partial charge in [-0.25, -0.2) is 0 Å². The molecule has 1 fully saturated rings.